The number of carbonyl (C=O) groups is 1. The van der Waals surface area contributed by atoms with Crippen LogP contribution in [0.2, 0.25) is 0 Å². The predicted octanol–water partition coefficient (Wildman–Crippen LogP) is 1.57. The highest BCUT2D eigenvalue weighted by Gasteiger charge is 2.27. The molecular formula is C13H15N3O2. The molecule has 1 unspecified atom stereocenters. The molecule has 1 atom stereocenters. The largest absolute Gasteiger partial charge is 0.481 e. The summed E-state index contributed by atoms with van der Waals surface area (Å²) in [5.74, 6) is 0.0354. The van der Waals surface area contributed by atoms with Crippen LogP contribution in [-0.2, 0) is 4.79 Å². The fraction of sp³-hybridized carbons (Fsp3) is 0.385. The third-order valence-corrected chi connectivity index (χ3v) is 3.42. The predicted molar refractivity (Wildman–Crippen MR) is 67.5 cm³/mol. The third kappa shape index (κ3) is 1.86. The van der Waals surface area contributed by atoms with Gasteiger partial charge in [0.2, 0.25) is 0 Å². The van der Waals surface area contributed by atoms with E-state index in [1.807, 2.05) is 12.1 Å². The Morgan fingerprint density at radius 2 is 2.33 bits per heavy atom. The third-order valence-electron chi connectivity index (χ3n) is 3.42. The molecule has 0 spiro atoms. The Labute approximate surface area is 104 Å². The molecule has 1 aromatic heterocycles. The molecule has 4 N–H and O–H groups in total. The zero-order valence-corrected chi connectivity index (χ0v) is 9.89. The van der Waals surface area contributed by atoms with E-state index in [0.29, 0.717) is 5.92 Å². The second-order valence-electron chi connectivity index (χ2n) is 4.80. The standard InChI is InChI=1S/C13H15N3O2/c14-6-9(13(17)18)8-3-4-10-11(5-8)16-12(15-10)7-1-2-7/h3-5,7,9H,1-2,6,14H2,(H,15,16)(H,17,18). The smallest absolute Gasteiger partial charge is 0.312 e. The minimum Gasteiger partial charge on any atom is -0.481 e. The van der Waals surface area contributed by atoms with Crippen molar-refractivity contribution >= 4 is 17.0 Å². The van der Waals surface area contributed by atoms with Crippen LogP contribution in [-0.4, -0.2) is 27.6 Å². The number of hydrogen-bond donors (Lipinski definition) is 3. The number of aromatic amines is 1. The summed E-state index contributed by atoms with van der Waals surface area (Å²) in [6.45, 7) is 0.102. The van der Waals surface area contributed by atoms with Crippen molar-refractivity contribution in [3.8, 4) is 0 Å². The topological polar surface area (TPSA) is 92.0 Å². The van der Waals surface area contributed by atoms with Crippen LogP contribution in [0.25, 0.3) is 11.0 Å². The molecule has 5 heteroatoms. The lowest BCUT2D eigenvalue weighted by Crippen LogP contribution is -2.20. The molecule has 0 radical (unpaired) electrons. The summed E-state index contributed by atoms with van der Waals surface area (Å²) in [6.07, 6.45) is 2.38. The van der Waals surface area contributed by atoms with Gasteiger partial charge in [-0.2, -0.15) is 0 Å². The maximum Gasteiger partial charge on any atom is 0.312 e. The maximum atomic E-state index is 11.1. The molecule has 0 saturated heterocycles. The number of imidazole rings is 1. The van der Waals surface area contributed by atoms with Gasteiger partial charge < -0.3 is 15.8 Å². The number of rotatable bonds is 4. The van der Waals surface area contributed by atoms with Crippen molar-refractivity contribution < 1.29 is 9.90 Å². The number of benzene rings is 1. The number of hydrogen-bond acceptors (Lipinski definition) is 3. The number of nitrogens with two attached hydrogens (primary N) is 1. The summed E-state index contributed by atoms with van der Waals surface area (Å²) in [4.78, 5) is 18.9. The van der Waals surface area contributed by atoms with Gasteiger partial charge in [0.1, 0.15) is 5.82 Å². The first kappa shape index (κ1) is 11.2. The van der Waals surface area contributed by atoms with Crippen LogP contribution in [0.15, 0.2) is 18.2 Å². The first-order chi connectivity index (χ1) is 8.69. The Bertz CT molecular complexity index is 601. The fourth-order valence-electron chi connectivity index (χ4n) is 2.19. The molecule has 1 heterocycles. The lowest BCUT2D eigenvalue weighted by Gasteiger charge is -2.09. The van der Waals surface area contributed by atoms with Gasteiger partial charge in [-0.3, -0.25) is 4.79 Å². The van der Waals surface area contributed by atoms with Gasteiger partial charge in [-0.15, -0.1) is 0 Å². The van der Waals surface area contributed by atoms with Gasteiger partial charge in [-0.05, 0) is 30.5 Å². The van der Waals surface area contributed by atoms with Crippen molar-refractivity contribution in [2.45, 2.75) is 24.7 Å². The second-order valence-corrected chi connectivity index (χ2v) is 4.80. The van der Waals surface area contributed by atoms with E-state index in [2.05, 4.69) is 9.97 Å². The Kier molecular flexibility index (Phi) is 2.56. The highest BCUT2D eigenvalue weighted by molar-refractivity contribution is 5.81. The number of fused-ring (bicyclic) bond motifs is 1. The van der Waals surface area contributed by atoms with Crippen LogP contribution in [0.1, 0.15) is 36.1 Å². The summed E-state index contributed by atoms with van der Waals surface area (Å²) in [6, 6.07) is 5.50. The van der Waals surface area contributed by atoms with Gasteiger partial charge in [0, 0.05) is 12.5 Å². The average molecular weight is 245 g/mol. The number of nitrogens with one attached hydrogen (secondary N) is 1. The van der Waals surface area contributed by atoms with E-state index in [1.54, 1.807) is 6.07 Å². The van der Waals surface area contributed by atoms with Gasteiger partial charge in [0.25, 0.3) is 0 Å². The highest BCUT2D eigenvalue weighted by Crippen LogP contribution is 2.39. The molecule has 5 nitrogen and oxygen atoms in total. The molecule has 1 saturated carbocycles. The SMILES string of the molecule is NCC(C(=O)O)c1ccc2nc(C3CC3)[nH]c2c1. The van der Waals surface area contributed by atoms with Crippen LogP contribution >= 0.6 is 0 Å². The first-order valence-electron chi connectivity index (χ1n) is 6.11. The molecule has 0 bridgehead atoms. The van der Waals surface area contributed by atoms with E-state index in [0.717, 1.165) is 22.4 Å². The van der Waals surface area contributed by atoms with Crippen molar-refractivity contribution in [3.63, 3.8) is 0 Å². The molecular weight excluding hydrogens is 230 g/mol. The maximum absolute atomic E-state index is 11.1. The molecule has 94 valence electrons. The first-order valence-corrected chi connectivity index (χ1v) is 6.11. The monoisotopic (exact) mass is 245 g/mol. The van der Waals surface area contributed by atoms with E-state index in [4.69, 9.17) is 10.8 Å². The van der Waals surface area contributed by atoms with Crippen molar-refractivity contribution in [2.75, 3.05) is 6.54 Å². The molecule has 2 aromatic rings. The van der Waals surface area contributed by atoms with Crippen molar-refractivity contribution in [1.82, 2.24) is 9.97 Å². The number of aliphatic carboxylic acids is 1. The Morgan fingerprint density at radius 1 is 1.56 bits per heavy atom. The van der Waals surface area contributed by atoms with Gasteiger partial charge in [0.15, 0.2) is 0 Å². The van der Waals surface area contributed by atoms with Crippen LogP contribution in [0.5, 0.6) is 0 Å². The van der Waals surface area contributed by atoms with Crippen LogP contribution in [0, 0.1) is 0 Å². The normalized spacial score (nSPS) is 16.9. The second kappa shape index (κ2) is 4.10. The molecule has 0 amide bonds. The van der Waals surface area contributed by atoms with Crippen molar-refractivity contribution in [3.05, 3.63) is 29.6 Å². The summed E-state index contributed by atoms with van der Waals surface area (Å²) in [5.41, 5.74) is 8.02. The number of aromatic nitrogens is 2. The van der Waals surface area contributed by atoms with E-state index in [-0.39, 0.29) is 6.54 Å². The summed E-state index contributed by atoms with van der Waals surface area (Å²) >= 11 is 0. The van der Waals surface area contributed by atoms with Gasteiger partial charge in [-0.25, -0.2) is 4.98 Å². The quantitative estimate of drug-likeness (QED) is 0.762. The molecule has 1 aliphatic carbocycles. The minimum absolute atomic E-state index is 0.102. The van der Waals surface area contributed by atoms with Crippen molar-refractivity contribution in [1.29, 1.82) is 0 Å². The zero-order chi connectivity index (χ0) is 12.7. The van der Waals surface area contributed by atoms with Gasteiger partial charge >= 0.3 is 5.97 Å². The summed E-state index contributed by atoms with van der Waals surface area (Å²) in [5, 5.41) is 9.10. The molecule has 1 aromatic carbocycles. The van der Waals surface area contributed by atoms with Crippen molar-refractivity contribution in [2.24, 2.45) is 5.73 Å². The van der Waals surface area contributed by atoms with E-state index >= 15 is 0 Å². The van der Waals surface area contributed by atoms with Crippen LogP contribution in [0.4, 0.5) is 0 Å². The minimum atomic E-state index is -0.890. The Hall–Kier alpha value is -1.88. The average Bonchev–Trinajstić information content (AvgIpc) is 3.10. The molecule has 3 rings (SSSR count). The van der Waals surface area contributed by atoms with E-state index < -0.39 is 11.9 Å². The Balaban J connectivity index is 2.01. The van der Waals surface area contributed by atoms with Gasteiger partial charge in [-0.1, -0.05) is 6.07 Å². The molecule has 1 fully saturated rings. The van der Waals surface area contributed by atoms with Crippen LogP contribution in [0.3, 0.4) is 0 Å². The number of H-pyrrole nitrogens is 1. The lowest BCUT2D eigenvalue weighted by atomic mass is 9.99. The van der Waals surface area contributed by atoms with E-state index in [1.165, 1.54) is 12.8 Å². The molecule has 1 aliphatic rings. The van der Waals surface area contributed by atoms with Crippen LogP contribution < -0.4 is 5.73 Å². The number of carboxylic acid groups (broad SMARTS) is 1. The summed E-state index contributed by atoms with van der Waals surface area (Å²) in [7, 11) is 0. The lowest BCUT2D eigenvalue weighted by molar-refractivity contribution is -0.138. The number of nitrogens with zero attached hydrogens (tertiary/aromatic N) is 1. The summed E-state index contributed by atoms with van der Waals surface area (Å²) < 4.78 is 0. The Morgan fingerprint density at radius 3 is 2.94 bits per heavy atom. The zero-order valence-electron chi connectivity index (χ0n) is 9.89. The molecule has 0 aliphatic heterocycles. The molecule has 18 heavy (non-hydrogen) atoms. The van der Waals surface area contributed by atoms with Gasteiger partial charge in [0.05, 0.1) is 17.0 Å². The fourth-order valence-corrected chi connectivity index (χ4v) is 2.19. The number of carboxylic acids is 1. The van der Waals surface area contributed by atoms with E-state index in [9.17, 15) is 4.79 Å². The highest BCUT2D eigenvalue weighted by atomic mass is 16.4.